The highest BCUT2D eigenvalue weighted by Gasteiger charge is 2.19. The molecule has 6 nitrogen and oxygen atoms in total. The molecule has 29 heavy (non-hydrogen) atoms. The predicted molar refractivity (Wildman–Crippen MR) is 110 cm³/mol. The standard InChI is InChI=1S/C23H25NO5/c1-14-9-20-18(13-28-21(20)10-15(14)2)11-22(25)29-16(3)23(26)24-12-17-5-7-19(27-4)8-6-17/h5-10,13,16H,11-12H2,1-4H3,(H,24,26)/t16-/m0/s1. The average Bonchev–Trinajstić information content (AvgIpc) is 3.08. The number of carbonyl (C=O) groups excluding carboxylic acids is 2. The molecule has 0 bridgehead atoms. The SMILES string of the molecule is COc1ccc(CNC(=O)[C@H](C)OC(=O)Cc2coc3cc(C)c(C)cc23)cc1. The summed E-state index contributed by atoms with van der Waals surface area (Å²) in [4.78, 5) is 24.5. The maximum Gasteiger partial charge on any atom is 0.311 e. The number of ether oxygens (including phenoxy) is 2. The highest BCUT2D eigenvalue weighted by Crippen LogP contribution is 2.25. The smallest absolute Gasteiger partial charge is 0.311 e. The van der Waals surface area contributed by atoms with E-state index < -0.39 is 12.1 Å². The van der Waals surface area contributed by atoms with Crippen molar-refractivity contribution in [2.24, 2.45) is 0 Å². The van der Waals surface area contributed by atoms with E-state index >= 15 is 0 Å². The zero-order valence-electron chi connectivity index (χ0n) is 17.1. The molecule has 1 atom stereocenters. The van der Waals surface area contributed by atoms with Gasteiger partial charge in [-0.3, -0.25) is 9.59 Å². The zero-order valence-corrected chi connectivity index (χ0v) is 17.1. The number of nitrogens with one attached hydrogen (secondary N) is 1. The van der Waals surface area contributed by atoms with Gasteiger partial charge in [-0.1, -0.05) is 12.1 Å². The van der Waals surface area contributed by atoms with E-state index in [1.807, 2.05) is 50.2 Å². The molecule has 0 unspecified atom stereocenters. The lowest BCUT2D eigenvalue weighted by molar-refractivity contribution is -0.154. The summed E-state index contributed by atoms with van der Waals surface area (Å²) in [6.07, 6.45) is 0.730. The number of hydrogen-bond acceptors (Lipinski definition) is 5. The topological polar surface area (TPSA) is 77.8 Å². The monoisotopic (exact) mass is 395 g/mol. The fraction of sp³-hybridized carbons (Fsp3) is 0.304. The van der Waals surface area contributed by atoms with E-state index in [0.717, 1.165) is 39.0 Å². The van der Waals surface area contributed by atoms with Crippen molar-refractivity contribution in [1.82, 2.24) is 5.32 Å². The van der Waals surface area contributed by atoms with E-state index in [-0.39, 0.29) is 12.3 Å². The van der Waals surface area contributed by atoms with Crippen molar-refractivity contribution in [1.29, 1.82) is 0 Å². The Morgan fingerprint density at radius 3 is 2.48 bits per heavy atom. The molecule has 0 aliphatic rings. The lowest BCUT2D eigenvalue weighted by Gasteiger charge is -2.13. The molecule has 1 amide bonds. The van der Waals surface area contributed by atoms with Gasteiger partial charge >= 0.3 is 5.97 Å². The third-order valence-corrected chi connectivity index (χ3v) is 4.91. The van der Waals surface area contributed by atoms with Crippen molar-refractivity contribution in [2.75, 3.05) is 7.11 Å². The highest BCUT2D eigenvalue weighted by atomic mass is 16.5. The van der Waals surface area contributed by atoms with Gasteiger partial charge in [0.15, 0.2) is 6.10 Å². The Morgan fingerprint density at radius 2 is 1.79 bits per heavy atom. The van der Waals surface area contributed by atoms with E-state index in [0.29, 0.717) is 6.54 Å². The summed E-state index contributed by atoms with van der Waals surface area (Å²) in [5.41, 5.74) is 4.66. The van der Waals surface area contributed by atoms with E-state index in [4.69, 9.17) is 13.9 Å². The molecule has 0 spiro atoms. The molecule has 0 saturated heterocycles. The number of furan rings is 1. The van der Waals surface area contributed by atoms with Crippen LogP contribution in [-0.2, 0) is 27.3 Å². The molecule has 6 heteroatoms. The largest absolute Gasteiger partial charge is 0.497 e. The van der Waals surface area contributed by atoms with Gasteiger partial charge in [0, 0.05) is 17.5 Å². The highest BCUT2D eigenvalue weighted by molar-refractivity contribution is 5.88. The first-order valence-electron chi connectivity index (χ1n) is 9.45. The summed E-state index contributed by atoms with van der Waals surface area (Å²) in [5.74, 6) is -0.0739. The maximum absolute atomic E-state index is 12.3. The minimum Gasteiger partial charge on any atom is -0.497 e. The fourth-order valence-electron chi connectivity index (χ4n) is 3.00. The van der Waals surface area contributed by atoms with Crippen molar-refractivity contribution in [3.63, 3.8) is 0 Å². The Balaban J connectivity index is 1.54. The molecule has 0 fully saturated rings. The molecular weight excluding hydrogens is 370 g/mol. The molecule has 0 radical (unpaired) electrons. The van der Waals surface area contributed by atoms with E-state index in [2.05, 4.69) is 5.32 Å². The van der Waals surface area contributed by atoms with Crippen molar-refractivity contribution >= 4 is 22.8 Å². The Kier molecular flexibility index (Phi) is 6.22. The molecule has 2 aromatic carbocycles. The molecule has 1 N–H and O–H groups in total. The Labute approximate surface area is 169 Å². The second kappa shape index (κ2) is 8.82. The van der Waals surface area contributed by atoms with E-state index in [9.17, 15) is 9.59 Å². The van der Waals surface area contributed by atoms with Crippen molar-refractivity contribution in [3.8, 4) is 5.75 Å². The molecule has 0 aliphatic heterocycles. The van der Waals surface area contributed by atoms with Gasteiger partial charge in [-0.15, -0.1) is 0 Å². The molecule has 152 valence electrons. The molecule has 3 rings (SSSR count). The van der Waals surface area contributed by atoms with Gasteiger partial charge < -0.3 is 19.2 Å². The summed E-state index contributed by atoms with van der Waals surface area (Å²) < 4.78 is 16.0. The van der Waals surface area contributed by atoms with Crippen LogP contribution in [0.25, 0.3) is 11.0 Å². The number of hydrogen-bond donors (Lipinski definition) is 1. The van der Waals surface area contributed by atoms with Gasteiger partial charge in [0.2, 0.25) is 0 Å². The first-order chi connectivity index (χ1) is 13.9. The van der Waals surface area contributed by atoms with Crippen LogP contribution in [0.5, 0.6) is 5.75 Å². The van der Waals surface area contributed by atoms with Crippen LogP contribution < -0.4 is 10.1 Å². The normalized spacial score (nSPS) is 11.9. The van der Waals surface area contributed by atoms with Gasteiger partial charge in [-0.05, 0) is 61.7 Å². The molecule has 1 aromatic heterocycles. The number of methoxy groups -OCH3 is 1. The predicted octanol–water partition coefficient (Wildman–Crippen LogP) is 3.85. The number of carbonyl (C=O) groups is 2. The Morgan fingerprint density at radius 1 is 1.10 bits per heavy atom. The molecule has 1 heterocycles. The van der Waals surface area contributed by atoms with Crippen LogP contribution in [0.15, 0.2) is 47.1 Å². The summed E-state index contributed by atoms with van der Waals surface area (Å²) >= 11 is 0. The third-order valence-electron chi connectivity index (χ3n) is 4.91. The van der Waals surface area contributed by atoms with Crippen LogP contribution in [0.4, 0.5) is 0 Å². The quantitative estimate of drug-likeness (QED) is 0.615. The summed E-state index contributed by atoms with van der Waals surface area (Å²) in [5, 5.41) is 3.66. The average molecular weight is 395 g/mol. The van der Waals surface area contributed by atoms with E-state index in [1.165, 1.54) is 0 Å². The molecule has 3 aromatic rings. The van der Waals surface area contributed by atoms with Crippen LogP contribution in [0.2, 0.25) is 0 Å². The van der Waals surface area contributed by atoms with Crippen molar-refractivity contribution in [3.05, 3.63) is 64.9 Å². The lowest BCUT2D eigenvalue weighted by atomic mass is 10.0. The van der Waals surface area contributed by atoms with Gasteiger partial charge in [-0.2, -0.15) is 0 Å². The van der Waals surface area contributed by atoms with Gasteiger partial charge in [-0.25, -0.2) is 0 Å². The van der Waals surface area contributed by atoms with Crippen LogP contribution in [0.1, 0.15) is 29.2 Å². The number of esters is 1. The number of benzene rings is 2. The first kappa shape index (κ1) is 20.5. The molecular formula is C23H25NO5. The molecule has 0 saturated carbocycles. The summed E-state index contributed by atoms with van der Waals surface area (Å²) in [6.45, 7) is 5.93. The molecule has 0 aliphatic carbocycles. The third kappa shape index (κ3) is 4.96. The van der Waals surface area contributed by atoms with Gasteiger partial charge in [0.05, 0.1) is 19.8 Å². The number of aryl methyl sites for hydroxylation is 2. The van der Waals surface area contributed by atoms with Crippen molar-refractivity contribution < 1.29 is 23.5 Å². The number of rotatable bonds is 7. The van der Waals surface area contributed by atoms with Gasteiger partial charge in [0.25, 0.3) is 5.91 Å². The van der Waals surface area contributed by atoms with Crippen LogP contribution in [0, 0.1) is 13.8 Å². The fourth-order valence-corrected chi connectivity index (χ4v) is 3.00. The van der Waals surface area contributed by atoms with Crippen LogP contribution in [0.3, 0.4) is 0 Å². The summed E-state index contributed by atoms with van der Waals surface area (Å²) in [6, 6.07) is 11.3. The summed E-state index contributed by atoms with van der Waals surface area (Å²) in [7, 11) is 1.60. The van der Waals surface area contributed by atoms with Gasteiger partial charge in [0.1, 0.15) is 11.3 Å². The minimum absolute atomic E-state index is 0.0472. The number of fused-ring (bicyclic) bond motifs is 1. The first-order valence-corrected chi connectivity index (χ1v) is 9.45. The number of amides is 1. The van der Waals surface area contributed by atoms with Crippen molar-refractivity contribution in [2.45, 2.75) is 39.8 Å². The Hall–Kier alpha value is -3.28. The maximum atomic E-state index is 12.3. The van der Waals surface area contributed by atoms with Crippen LogP contribution in [-0.4, -0.2) is 25.1 Å². The van der Waals surface area contributed by atoms with E-state index in [1.54, 1.807) is 20.3 Å². The zero-order chi connectivity index (χ0) is 21.0. The van der Waals surface area contributed by atoms with Crippen LogP contribution >= 0.6 is 0 Å². The second-order valence-corrected chi connectivity index (χ2v) is 7.07. The minimum atomic E-state index is -0.886. The lowest BCUT2D eigenvalue weighted by Crippen LogP contribution is -2.35. The second-order valence-electron chi connectivity index (χ2n) is 7.07. The Bertz CT molecular complexity index is 1020.